The molecule has 6 nitrogen and oxygen atoms in total. The summed E-state index contributed by atoms with van der Waals surface area (Å²) in [5, 5.41) is 2.47. The summed E-state index contributed by atoms with van der Waals surface area (Å²) in [6.45, 7) is 1.76. The van der Waals surface area contributed by atoms with E-state index >= 15 is 0 Å². The highest BCUT2D eigenvalue weighted by Crippen LogP contribution is 2.28. The van der Waals surface area contributed by atoms with E-state index in [4.69, 9.17) is 9.47 Å². The number of thiazole rings is 1. The molecule has 0 amide bonds. The Balaban J connectivity index is 1.64. The molecular weight excluding hydrogens is 312 g/mol. The molecule has 3 rings (SSSR count). The SMILES string of the molecule is COC1COCC1S(=O)(=O)N1CCC(Cc2nccs2)C1. The highest BCUT2D eigenvalue weighted by Gasteiger charge is 2.44. The minimum Gasteiger partial charge on any atom is -0.378 e. The van der Waals surface area contributed by atoms with E-state index < -0.39 is 15.3 Å². The van der Waals surface area contributed by atoms with E-state index in [0.717, 1.165) is 17.8 Å². The molecule has 1 aromatic rings. The van der Waals surface area contributed by atoms with Crippen molar-refractivity contribution < 1.29 is 17.9 Å². The summed E-state index contributed by atoms with van der Waals surface area (Å²) in [5.41, 5.74) is 0. The molecule has 0 spiro atoms. The van der Waals surface area contributed by atoms with Gasteiger partial charge in [-0.1, -0.05) is 0 Å². The van der Waals surface area contributed by atoms with Gasteiger partial charge in [-0.15, -0.1) is 11.3 Å². The fraction of sp³-hybridized carbons (Fsp3) is 0.769. The third kappa shape index (κ3) is 3.14. The van der Waals surface area contributed by atoms with Crippen LogP contribution in [0.15, 0.2) is 11.6 Å². The summed E-state index contributed by atoms with van der Waals surface area (Å²) in [7, 11) is -1.81. The van der Waals surface area contributed by atoms with Crippen molar-refractivity contribution in [3.05, 3.63) is 16.6 Å². The topological polar surface area (TPSA) is 68.7 Å². The highest BCUT2D eigenvalue weighted by molar-refractivity contribution is 7.89. The van der Waals surface area contributed by atoms with E-state index in [1.807, 2.05) is 5.38 Å². The fourth-order valence-corrected chi connectivity index (χ4v) is 5.74. The van der Waals surface area contributed by atoms with Gasteiger partial charge in [0.05, 0.1) is 18.2 Å². The Morgan fingerprint density at radius 1 is 1.52 bits per heavy atom. The average molecular weight is 332 g/mol. The number of rotatable bonds is 5. The van der Waals surface area contributed by atoms with Gasteiger partial charge < -0.3 is 9.47 Å². The number of sulfonamides is 1. The van der Waals surface area contributed by atoms with Gasteiger partial charge in [-0.05, 0) is 12.3 Å². The fourth-order valence-electron chi connectivity index (χ4n) is 3.00. The molecule has 8 heteroatoms. The van der Waals surface area contributed by atoms with E-state index in [9.17, 15) is 8.42 Å². The number of nitrogens with zero attached hydrogens (tertiary/aromatic N) is 2. The van der Waals surface area contributed by atoms with Gasteiger partial charge in [0.15, 0.2) is 0 Å². The van der Waals surface area contributed by atoms with Crippen LogP contribution in [0.25, 0.3) is 0 Å². The van der Waals surface area contributed by atoms with Gasteiger partial charge in [0.1, 0.15) is 11.4 Å². The van der Waals surface area contributed by atoms with Crippen molar-refractivity contribution in [3.63, 3.8) is 0 Å². The summed E-state index contributed by atoms with van der Waals surface area (Å²) in [4.78, 5) is 4.28. The van der Waals surface area contributed by atoms with Crippen LogP contribution in [0.4, 0.5) is 0 Å². The summed E-state index contributed by atoms with van der Waals surface area (Å²) in [6.07, 6.45) is 3.19. The molecule has 3 atom stereocenters. The van der Waals surface area contributed by atoms with Gasteiger partial charge in [0.25, 0.3) is 0 Å². The predicted octanol–water partition coefficient (Wildman–Crippen LogP) is 0.751. The smallest absolute Gasteiger partial charge is 0.221 e. The molecule has 2 aliphatic heterocycles. The maximum absolute atomic E-state index is 12.7. The lowest BCUT2D eigenvalue weighted by Crippen LogP contribution is -2.43. The average Bonchev–Trinajstić information content (AvgIpc) is 3.20. The molecule has 3 heterocycles. The Kier molecular flexibility index (Phi) is 4.60. The summed E-state index contributed by atoms with van der Waals surface area (Å²) >= 11 is 1.63. The first-order valence-corrected chi connectivity index (χ1v) is 9.47. The van der Waals surface area contributed by atoms with E-state index in [1.165, 1.54) is 7.11 Å². The van der Waals surface area contributed by atoms with Gasteiger partial charge in [-0.2, -0.15) is 0 Å². The van der Waals surface area contributed by atoms with Crippen molar-refractivity contribution in [2.75, 3.05) is 33.4 Å². The summed E-state index contributed by atoms with van der Waals surface area (Å²) in [5.74, 6) is 0.356. The molecule has 0 aliphatic carbocycles. The van der Waals surface area contributed by atoms with Gasteiger partial charge >= 0.3 is 0 Å². The molecule has 0 radical (unpaired) electrons. The van der Waals surface area contributed by atoms with E-state index in [2.05, 4.69) is 4.98 Å². The van der Waals surface area contributed by atoms with Crippen LogP contribution in [0.2, 0.25) is 0 Å². The monoisotopic (exact) mass is 332 g/mol. The maximum atomic E-state index is 12.7. The van der Waals surface area contributed by atoms with Crippen LogP contribution < -0.4 is 0 Å². The molecule has 0 aromatic carbocycles. The largest absolute Gasteiger partial charge is 0.378 e. The second-order valence-corrected chi connectivity index (χ2v) is 8.67. The molecule has 21 heavy (non-hydrogen) atoms. The Labute approximate surface area is 129 Å². The molecule has 118 valence electrons. The third-order valence-electron chi connectivity index (χ3n) is 4.22. The van der Waals surface area contributed by atoms with Crippen molar-refractivity contribution in [2.24, 2.45) is 5.92 Å². The standard InChI is InChI=1S/C13H20N2O4S2/c1-18-11-8-19-9-12(11)21(16,17)15-4-2-10(7-15)6-13-14-3-5-20-13/h3,5,10-12H,2,4,6-9H2,1H3. The molecule has 2 saturated heterocycles. The van der Waals surface area contributed by atoms with Crippen molar-refractivity contribution >= 4 is 21.4 Å². The second-order valence-electron chi connectivity index (χ2n) is 5.54. The molecule has 3 unspecified atom stereocenters. The second kappa shape index (κ2) is 6.29. The number of aromatic nitrogens is 1. The lowest BCUT2D eigenvalue weighted by atomic mass is 10.1. The van der Waals surface area contributed by atoms with Crippen LogP contribution in [-0.4, -0.2) is 62.5 Å². The molecule has 0 N–H and O–H groups in total. The van der Waals surface area contributed by atoms with E-state index in [1.54, 1.807) is 21.8 Å². The summed E-state index contributed by atoms with van der Waals surface area (Å²) < 4.78 is 37.5. The van der Waals surface area contributed by atoms with Crippen LogP contribution in [0.5, 0.6) is 0 Å². The molecule has 0 bridgehead atoms. The van der Waals surface area contributed by atoms with Crippen molar-refractivity contribution in [1.29, 1.82) is 0 Å². The van der Waals surface area contributed by atoms with Crippen LogP contribution in [-0.2, 0) is 25.9 Å². The van der Waals surface area contributed by atoms with E-state index in [0.29, 0.717) is 25.6 Å². The minimum atomic E-state index is -3.35. The Hall–Kier alpha value is -0.540. The zero-order chi connectivity index (χ0) is 14.9. The molecule has 0 saturated carbocycles. The Bertz CT molecular complexity index is 561. The molecule has 2 fully saturated rings. The van der Waals surface area contributed by atoms with Gasteiger partial charge in [-0.3, -0.25) is 0 Å². The molecule has 1 aromatic heterocycles. The minimum absolute atomic E-state index is 0.231. The van der Waals surface area contributed by atoms with Gasteiger partial charge in [-0.25, -0.2) is 17.7 Å². The first kappa shape index (κ1) is 15.4. The number of hydrogen-bond acceptors (Lipinski definition) is 6. The lowest BCUT2D eigenvalue weighted by molar-refractivity contribution is 0.0825. The first-order chi connectivity index (χ1) is 10.1. The predicted molar refractivity (Wildman–Crippen MR) is 79.8 cm³/mol. The van der Waals surface area contributed by atoms with Gasteiger partial charge in [0, 0.05) is 38.2 Å². The van der Waals surface area contributed by atoms with E-state index in [-0.39, 0.29) is 12.7 Å². The van der Waals surface area contributed by atoms with Crippen LogP contribution in [0.3, 0.4) is 0 Å². The van der Waals surface area contributed by atoms with Crippen molar-refractivity contribution in [2.45, 2.75) is 24.2 Å². The number of hydrogen-bond donors (Lipinski definition) is 0. The van der Waals surface area contributed by atoms with Gasteiger partial charge in [0.2, 0.25) is 10.0 Å². The van der Waals surface area contributed by atoms with Crippen LogP contribution in [0.1, 0.15) is 11.4 Å². The third-order valence-corrected chi connectivity index (χ3v) is 7.28. The normalized spacial score (nSPS) is 31.0. The molecular formula is C13H20N2O4S2. The lowest BCUT2D eigenvalue weighted by Gasteiger charge is -2.23. The first-order valence-electron chi connectivity index (χ1n) is 7.09. The maximum Gasteiger partial charge on any atom is 0.221 e. The zero-order valence-corrected chi connectivity index (χ0v) is 13.6. The quantitative estimate of drug-likeness (QED) is 0.796. The Morgan fingerprint density at radius 2 is 2.38 bits per heavy atom. The zero-order valence-electron chi connectivity index (χ0n) is 12.0. The molecule has 2 aliphatic rings. The van der Waals surface area contributed by atoms with Crippen molar-refractivity contribution in [3.8, 4) is 0 Å². The Morgan fingerprint density at radius 3 is 3.10 bits per heavy atom. The van der Waals surface area contributed by atoms with Crippen molar-refractivity contribution in [1.82, 2.24) is 9.29 Å². The highest BCUT2D eigenvalue weighted by atomic mass is 32.2. The van der Waals surface area contributed by atoms with Crippen LogP contribution in [0, 0.1) is 5.92 Å². The summed E-state index contributed by atoms with van der Waals surface area (Å²) in [6, 6.07) is 0. The number of methoxy groups -OCH3 is 1. The number of ether oxygens (including phenoxy) is 2. The van der Waals surface area contributed by atoms with Crippen LogP contribution >= 0.6 is 11.3 Å².